The number of fused-ring (bicyclic) bond motifs is 1. The molecule has 5 nitrogen and oxygen atoms in total. The Bertz CT molecular complexity index is 735. The predicted octanol–water partition coefficient (Wildman–Crippen LogP) is 2.34. The smallest absolute Gasteiger partial charge is 0.180 e. The molecule has 21 heavy (non-hydrogen) atoms. The van der Waals surface area contributed by atoms with Crippen LogP contribution >= 0.6 is 0 Å². The first kappa shape index (κ1) is 13.5. The number of hydrogen-bond donors (Lipinski definition) is 2. The SMILES string of the molecule is Nc1ccc(-c2cn3cccc(OCCCO)c3n2)cc1. The normalized spacial score (nSPS) is 10.9. The number of anilines is 1. The number of aliphatic hydroxyl groups is 1. The number of benzene rings is 1. The first-order valence-electron chi connectivity index (χ1n) is 6.85. The molecule has 3 aromatic rings. The molecule has 0 bridgehead atoms. The van der Waals surface area contributed by atoms with E-state index in [0.29, 0.717) is 18.8 Å². The fraction of sp³-hybridized carbons (Fsp3) is 0.188. The minimum absolute atomic E-state index is 0.119. The molecule has 1 aromatic carbocycles. The van der Waals surface area contributed by atoms with Crippen molar-refractivity contribution in [2.75, 3.05) is 18.9 Å². The summed E-state index contributed by atoms with van der Waals surface area (Å²) in [4.78, 5) is 4.63. The average molecular weight is 283 g/mol. The Morgan fingerprint density at radius 1 is 1.19 bits per heavy atom. The zero-order chi connectivity index (χ0) is 14.7. The number of pyridine rings is 1. The van der Waals surface area contributed by atoms with Gasteiger partial charge >= 0.3 is 0 Å². The van der Waals surface area contributed by atoms with Gasteiger partial charge < -0.3 is 20.0 Å². The molecule has 3 rings (SSSR count). The maximum absolute atomic E-state index is 8.82. The number of aromatic nitrogens is 2. The largest absolute Gasteiger partial charge is 0.490 e. The summed E-state index contributed by atoms with van der Waals surface area (Å²) in [6.07, 6.45) is 4.49. The highest BCUT2D eigenvalue weighted by molar-refractivity contribution is 5.67. The fourth-order valence-electron chi connectivity index (χ4n) is 2.14. The van der Waals surface area contributed by atoms with E-state index in [9.17, 15) is 0 Å². The van der Waals surface area contributed by atoms with Gasteiger partial charge in [-0.15, -0.1) is 0 Å². The van der Waals surface area contributed by atoms with Crippen molar-refractivity contribution in [1.82, 2.24) is 9.38 Å². The van der Waals surface area contributed by atoms with Gasteiger partial charge in [0.1, 0.15) is 0 Å². The lowest BCUT2D eigenvalue weighted by Gasteiger charge is -2.05. The van der Waals surface area contributed by atoms with Crippen LogP contribution in [-0.2, 0) is 0 Å². The van der Waals surface area contributed by atoms with Crippen LogP contribution in [0.2, 0.25) is 0 Å². The van der Waals surface area contributed by atoms with E-state index >= 15 is 0 Å². The second-order valence-corrected chi connectivity index (χ2v) is 4.78. The molecular weight excluding hydrogens is 266 g/mol. The third kappa shape index (κ3) is 2.83. The van der Waals surface area contributed by atoms with Gasteiger partial charge in [-0.25, -0.2) is 4.98 Å². The second kappa shape index (κ2) is 5.85. The molecular formula is C16H17N3O2. The number of aliphatic hydroxyl groups excluding tert-OH is 1. The van der Waals surface area contributed by atoms with Crippen LogP contribution in [0.25, 0.3) is 16.9 Å². The van der Waals surface area contributed by atoms with Gasteiger partial charge in [0.25, 0.3) is 0 Å². The zero-order valence-corrected chi connectivity index (χ0v) is 11.6. The molecule has 0 amide bonds. The van der Waals surface area contributed by atoms with Gasteiger partial charge in [0.15, 0.2) is 11.4 Å². The van der Waals surface area contributed by atoms with Gasteiger partial charge in [0.2, 0.25) is 0 Å². The second-order valence-electron chi connectivity index (χ2n) is 4.78. The highest BCUT2D eigenvalue weighted by Gasteiger charge is 2.08. The minimum atomic E-state index is 0.119. The van der Waals surface area contributed by atoms with Crippen molar-refractivity contribution in [3.05, 3.63) is 48.8 Å². The fourth-order valence-corrected chi connectivity index (χ4v) is 2.14. The molecule has 0 saturated carbocycles. The summed E-state index contributed by atoms with van der Waals surface area (Å²) in [6, 6.07) is 11.4. The van der Waals surface area contributed by atoms with Gasteiger partial charge in [-0.3, -0.25) is 0 Å². The van der Waals surface area contributed by atoms with E-state index in [1.807, 2.05) is 53.2 Å². The molecule has 0 aliphatic carbocycles. The van der Waals surface area contributed by atoms with Crippen molar-refractivity contribution in [1.29, 1.82) is 0 Å². The van der Waals surface area contributed by atoms with E-state index < -0.39 is 0 Å². The molecule has 2 aromatic heterocycles. The third-order valence-corrected chi connectivity index (χ3v) is 3.21. The molecule has 0 fully saturated rings. The van der Waals surface area contributed by atoms with Crippen LogP contribution < -0.4 is 10.5 Å². The molecule has 0 aliphatic rings. The Morgan fingerprint density at radius 2 is 2.00 bits per heavy atom. The monoisotopic (exact) mass is 283 g/mol. The quantitative estimate of drug-likeness (QED) is 0.557. The number of nitrogen functional groups attached to an aromatic ring is 1. The number of hydrogen-bond acceptors (Lipinski definition) is 4. The lowest BCUT2D eigenvalue weighted by molar-refractivity contribution is 0.234. The Kier molecular flexibility index (Phi) is 3.75. The van der Waals surface area contributed by atoms with Gasteiger partial charge in [-0.2, -0.15) is 0 Å². The van der Waals surface area contributed by atoms with Crippen LogP contribution in [0.1, 0.15) is 6.42 Å². The first-order chi connectivity index (χ1) is 10.3. The van der Waals surface area contributed by atoms with Crippen molar-refractivity contribution in [2.45, 2.75) is 6.42 Å². The van der Waals surface area contributed by atoms with Crippen molar-refractivity contribution in [2.24, 2.45) is 0 Å². The number of ether oxygens (including phenoxy) is 1. The third-order valence-electron chi connectivity index (χ3n) is 3.21. The molecule has 3 N–H and O–H groups in total. The lowest BCUT2D eigenvalue weighted by Crippen LogP contribution is -2.01. The highest BCUT2D eigenvalue weighted by atomic mass is 16.5. The molecule has 108 valence electrons. The molecule has 0 atom stereocenters. The summed E-state index contributed by atoms with van der Waals surface area (Å²) in [5.41, 5.74) is 9.08. The number of nitrogens with zero attached hydrogens (tertiary/aromatic N) is 2. The van der Waals surface area contributed by atoms with Crippen LogP contribution in [0.3, 0.4) is 0 Å². The molecule has 5 heteroatoms. The average Bonchev–Trinajstić information content (AvgIpc) is 2.93. The summed E-state index contributed by atoms with van der Waals surface area (Å²) in [6.45, 7) is 0.592. The van der Waals surface area contributed by atoms with Crippen molar-refractivity contribution in [3.8, 4) is 17.0 Å². The Hall–Kier alpha value is -2.53. The van der Waals surface area contributed by atoms with Crippen molar-refractivity contribution in [3.63, 3.8) is 0 Å². The highest BCUT2D eigenvalue weighted by Crippen LogP contribution is 2.25. The molecule has 0 aliphatic heterocycles. The van der Waals surface area contributed by atoms with Gasteiger partial charge in [-0.05, 0) is 24.3 Å². The van der Waals surface area contributed by atoms with Crippen LogP contribution in [0.4, 0.5) is 5.69 Å². The minimum Gasteiger partial charge on any atom is -0.490 e. The lowest BCUT2D eigenvalue weighted by atomic mass is 10.1. The van der Waals surface area contributed by atoms with E-state index in [1.165, 1.54) is 0 Å². The van der Waals surface area contributed by atoms with Crippen molar-refractivity contribution < 1.29 is 9.84 Å². The van der Waals surface area contributed by atoms with Crippen LogP contribution in [0.15, 0.2) is 48.8 Å². The summed E-state index contributed by atoms with van der Waals surface area (Å²) < 4.78 is 7.60. The first-order valence-corrected chi connectivity index (χ1v) is 6.85. The van der Waals surface area contributed by atoms with Crippen LogP contribution in [0, 0.1) is 0 Å². The topological polar surface area (TPSA) is 72.8 Å². The molecule has 0 saturated heterocycles. The molecule has 0 spiro atoms. The molecule has 0 unspecified atom stereocenters. The maximum atomic E-state index is 8.82. The number of nitrogens with two attached hydrogens (primary N) is 1. The van der Waals surface area contributed by atoms with E-state index in [0.717, 1.165) is 22.6 Å². The summed E-state index contributed by atoms with van der Waals surface area (Å²) in [7, 11) is 0. The van der Waals surface area contributed by atoms with E-state index in [4.69, 9.17) is 15.6 Å². The van der Waals surface area contributed by atoms with Crippen LogP contribution in [-0.4, -0.2) is 27.7 Å². The van der Waals surface area contributed by atoms with Gasteiger partial charge in [-0.1, -0.05) is 12.1 Å². The maximum Gasteiger partial charge on any atom is 0.180 e. The van der Waals surface area contributed by atoms with E-state index in [2.05, 4.69) is 4.98 Å². The van der Waals surface area contributed by atoms with Crippen molar-refractivity contribution >= 4 is 11.3 Å². The van der Waals surface area contributed by atoms with E-state index in [1.54, 1.807) is 0 Å². The number of rotatable bonds is 5. The Morgan fingerprint density at radius 3 is 2.76 bits per heavy atom. The van der Waals surface area contributed by atoms with E-state index in [-0.39, 0.29) is 6.61 Å². The molecule has 2 heterocycles. The Balaban J connectivity index is 1.95. The van der Waals surface area contributed by atoms with Gasteiger partial charge in [0, 0.05) is 36.7 Å². The number of imidazole rings is 1. The standard InChI is InChI=1S/C16H17N3O2/c17-13-6-4-12(5-7-13)14-11-19-8-1-3-15(16(19)18-14)21-10-2-9-20/h1,3-8,11,20H,2,9-10,17H2. The summed E-state index contributed by atoms with van der Waals surface area (Å²) >= 11 is 0. The predicted molar refractivity (Wildman–Crippen MR) is 82.2 cm³/mol. The molecule has 0 radical (unpaired) electrons. The zero-order valence-electron chi connectivity index (χ0n) is 11.6. The summed E-state index contributed by atoms with van der Waals surface area (Å²) in [5, 5.41) is 8.82. The van der Waals surface area contributed by atoms with Crippen LogP contribution in [0.5, 0.6) is 5.75 Å². The van der Waals surface area contributed by atoms with Gasteiger partial charge in [0.05, 0.1) is 12.3 Å². The summed E-state index contributed by atoms with van der Waals surface area (Å²) in [5.74, 6) is 0.715. The Labute approximate surface area is 122 Å².